The third-order valence-electron chi connectivity index (χ3n) is 3.92. The van der Waals surface area contributed by atoms with Crippen LogP contribution >= 0.6 is 0 Å². The minimum atomic E-state index is 0.886. The Hall–Kier alpha value is -0.0400. The SMILES string of the molecule is CCCC[N+]1(C)CCC(C)C1C. The van der Waals surface area contributed by atoms with E-state index in [4.69, 9.17) is 0 Å². The summed E-state index contributed by atoms with van der Waals surface area (Å²) >= 11 is 0. The molecule has 0 amide bonds. The van der Waals surface area contributed by atoms with E-state index in [2.05, 4.69) is 27.8 Å². The fourth-order valence-electron chi connectivity index (χ4n) is 2.39. The van der Waals surface area contributed by atoms with E-state index in [0.29, 0.717) is 0 Å². The number of rotatable bonds is 3. The van der Waals surface area contributed by atoms with Crippen molar-refractivity contribution in [2.24, 2.45) is 5.92 Å². The zero-order valence-electron chi connectivity index (χ0n) is 9.14. The lowest BCUT2D eigenvalue weighted by Gasteiger charge is -2.35. The van der Waals surface area contributed by atoms with Gasteiger partial charge in [-0.25, -0.2) is 0 Å². The third kappa shape index (κ3) is 1.82. The molecule has 12 heavy (non-hydrogen) atoms. The molecule has 3 unspecified atom stereocenters. The van der Waals surface area contributed by atoms with Gasteiger partial charge >= 0.3 is 0 Å². The van der Waals surface area contributed by atoms with Crippen LogP contribution in [0.4, 0.5) is 0 Å². The van der Waals surface area contributed by atoms with Crippen molar-refractivity contribution in [3.05, 3.63) is 0 Å². The molecule has 72 valence electrons. The molecule has 0 spiro atoms. The summed E-state index contributed by atoms with van der Waals surface area (Å²) in [6.45, 7) is 9.91. The molecular weight excluding hydrogens is 146 g/mol. The summed E-state index contributed by atoms with van der Waals surface area (Å²) in [5.74, 6) is 0.937. The van der Waals surface area contributed by atoms with Crippen LogP contribution in [0.1, 0.15) is 40.0 Å². The van der Waals surface area contributed by atoms with E-state index >= 15 is 0 Å². The first-order chi connectivity index (χ1) is 5.60. The monoisotopic (exact) mass is 170 g/mol. The molecule has 1 aliphatic rings. The molecule has 1 nitrogen and oxygen atoms in total. The number of hydrogen-bond acceptors (Lipinski definition) is 0. The van der Waals surface area contributed by atoms with Crippen LogP contribution in [0, 0.1) is 5.92 Å². The second-order valence-electron chi connectivity index (χ2n) is 4.79. The summed E-state index contributed by atoms with van der Waals surface area (Å²) in [6, 6.07) is 0.886. The summed E-state index contributed by atoms with van der Waals surface area (Å²) in [4.78, 5) is 0. The largest absolute Gasteiger partial charge is 0.324 e. The average Bonchev–Trinajstić information content (AvgIpc) is 2.31. The van der Waals surface area contributed by atoms with Crippen LogP contribution in [0.3, 0.4) is 0 Å². The van der Waals surface area contributed by atoms with E-state index in [9.17, 15) is 0 Å². The number of likely N-dealkylation sites (tertiary alicyclic amines) is 1. The topological polar surface area (TPSA) is 0 Å². The van der Waals surface area contributed by atoms with Gasteiger partial charge in [0.1, 0.15) is 0 Å². The maximum atomic E-state index is 2.43. The number of nitrogens with zero attached hydrogens (tertiary/aromatic N) is 1. The molecule has 1 aliphatic heterocycles. The van der Waals surface area contributed by atoms with Gasteiger partial charge in [-0.1, -0.05) is 20.3 Å². The Labute approximate surface area is 77.4 Å². The van der Waals surface area contributed by atoms with Crippen molar-refractivity contribution in [3.8, 4) is 0 Å². The number of quaternary nitrogens is 1. The lowest BCUT2D eigenvalue weighted by atomic mass is 10.0. The molecule has 0 aromatic rings. The molecule has 1 heterocycles. The molecule has 1 saturated heterocycles. The quantitative estimate of drug-likeness (QED) is 0.571. The van der Waals surface area contributed by atoms with Gasteiger partial charge < -0.3 is 4.48 Å². The molecule has 1 heteroatoms. The maximum Gasteiger partial charge on any atom is 0.0887 e. The highest BCUT2D eigenvalue weighted by Gasteiger charge is 2.38. The van der Waals surface area contributed by atoms with E-state index < -0.39 is 0 Å². The first-order valence-electron chi connectivity index (χ1n) is 5.44. The van der Waals surface area contributed by atoms with Crippen molar-refractivity contribution in [2.75, 3.05) is 20.1 Å². The highest BCUT2D eigenvalue weighted by Crippen LogP contribution is 2.29. The smallest absolute Gasteiger partial charge is 0.0887 e. The van der Waals surface area contributed by atoms with E-state index in [1.54, 1.807) is 0 Å². The fourth-order valence-corrected chi connectivity index (χ4v) is 2.39. The van der Waals surface area contributed by atoms with Crippen molar-refractivity contribution in [1.82, 2.24) is 0 Å². The van der Waals surface area contributed by atoms with Gasteiger partial charge in [-0.05, 0) is 13.3 Å². The standard InChI is InChI=1S/C11H24N/c1-5-6-8-12(4)9-7-10(2)11(12)3/h10-11H,5-9H2,1-4H3/q+1. The van der Waals surface area contributed by atoms with Crippen LogP contribution < -0.4 is 0 Å². The Bertz CT molecular complexity index is 144. The molecule has 0 N–H and O–H groups in total. The molecule has 0 aliphatic carbocycles. The van der Waals surface area contributed by atoms with Gasteiger partial charge in [0.05, 0.1) is 26.2 Å². The highest BCUT2D eigenvalue weighted by molar-refractivity contribution is 4.69. The van der Waals surface area contributed by atoms with Gasteiger partial charge in [-0.2, -0.15) is 0 Å². The van der Waals surface area contributed by atoms with Crippen LogP contribution in [-0.2, 0) is 0 Å². The lowest BCUT2D eigenvalue weighted by Crippen LogP contribution is -2.48. The maximum absolute atomic E-state index is 2.43. The summed E-state index contributed by atoms with van der Waals surface area (Å²) in [5, 5.41) is 0. The van der Waals surface area contributed by atoms with Crippen molar-refractivity contribution < 1.29 is 4.48 Å². The summed E-state index contributed by atoms with van der Waals surface area (Å²) in [6.07, 6.45) is 4.17. The summed E-state index contributed by atoms with van der Waals surface area (Å²) in [5.41, 5.74) is 0. The molecule has 0 radical (unpaired) electrons. The van der Waals surface area contributed by atoms with Crippen LogP contribution in [0.15, 0.2) is 0 Å². The van der Waals surface area contributed by atoms with Gasteiger partial charge in [-0.15, -0.1) is 0 Å². The van der Waals surface area contributed by atoms with E-state index in [-0.39, 0.29) is 0 Å². The second kappa shape index (κ2) is 3.78. The highest BCUT2D eigenvalue weighted by atomic mass is 15.4. The van der Waals surface area contributed by atoms with E-state index in [0.717, 1.165) is 12.0 Å². The third-order valence-corrected chi connectivity index (χ3v) is 3.92. The first kappa shape index (κ1) is 10.0. The molecule has 0 aromatic heterocycles. The molecule has 1 fully saturated rings. The summed E-state index contributed by atoms with van der Waals surface area (Å²) in [7, 11) is 2.43. The van der Waals surface area contributed by atoms with Crippen LogP contribution in [-0.4, -0.2) is 30.7 Å². The number of hydrogen-bond donors (Lipinski definition) is 0. The van der Waals surface area contributed by atoms with Crippen LogP contribution in [0.2, 0.25) is 0 Å². The predicted molar refractivity (Wildman–Crippen MR) is 54.1 cm³/mol. The predicted octanol–water partition coefficient (Wildman–Crippen LogP) is 2.66. The minimum Gasteiger partial charge on any atom is -0.324 e. The van der Waals surface area contributed by atoms with Gasteiger partial charge in [0, 0.05) is 12.3 Å². The van der Waals surface area contributed by atoms with E-state index in [1.165, 1.54) is 36.8 Å². The average molecular weight is 170 g/mol. The Morgan fingerprint density at radius 2 is 2.00 bits per heavy atom. The molecule has 0 saturated carbocycles. The molecule has 3 atom stereocenters. The molecular formula is C11H24N+. The second-order valence-corrected chi connectivity index (χ2v) is 4.79. The van der Waals surface area contributed by atoms with Gasteiger partial charge in [0.2, 0.25) is 0 Å². The molecule has 0 aromatic carbocycles. The van der Waals surface area contributed by atoms with Gasteiger partial charge in [0.15, 0.2) is 0 Å². The zero-order chi connectivity index (χ0) is 9.19. The van der Waals surface area contributed by atoms with E-state index in [1.807, 2.05) is 0 Å². The molecule has 1 rings (SSSR count). The van der Waals surface area contributed by atoms with Crippen molar-refractivity contribution in [3.63, 3.8) is 0 Å². The lowest BCUT2D eigenvalue weighted by molar-refractivity contribution is -0.921. The van der Waals surface area contributed by atoms with Gasteiger partial charge in [0.25, 0.3) is 0 Å². The number of unbranched alkanes of at least 4 members (excludes halogenated alkanes) is 1. The molecule has 0 bridgehead atoms. The normalized spacial score (nSPS) is 42.0. The summed E-state index contributed by atoms with van der Waals surface area (Å²) < 4.78 is 1.33. The van der Waals surface area contributed by atoms with Crippen molar-refractivity contribution in [2.45, 2.75) is 46.1 Å². The minimum absolute atomic E-state index is 0.886. The van der Waals surface area contributed by atoms with Crippen molar-refractivity contribution in [1.29, 1.82) is 0 Å². The van der Waals surface area contributed by atoms with Crippen LogP contribution in [0.25, 0.3) is 0 Å². The van der Waals surface area contributed by atoms with Crippen molar-refractivity contribution >= 4 is 0 Å². The Morgan fingerprint density at radius 1 is 1.33 bits per heavy atom. The first-order valence-corrected chi connectivity index (χ1v) is 5.44. The Balaban J connectivity index is 2.47. The van der Waals surface area contributed by atoms with Gasteiger partial charge in [-0.3, -0.25) is 0 Å². The zero-order valence-corrected chi connectivity index (χ0v) is 9.14. The Kier molecular flexibility index (Phi) is 3.16. The Morgan fingerprint density at radius 3 is 2.42 bits per heavy atom. The van der Waals surface area contributed by atoms with Crippen LogP contribution in [0.5, 0.6) is 0 Å². The fraction of sp³-hybridized carbons (Fsp3) is 1.00.